The number of nitrogens with one attached hydrogen (secondary N) is 4. The maximum Gasteiger partial charge on any atom is 0.345 e. The van der Waals surface area contributed by atoms with E-state index in [1.165, 1.54) is 17.7 Å². The zero-order chi connectivity index (χ0) is 46.0. The molecule has 338 valence electrons. The molecule has 13 nitrogen and oxygen atoms in total. The number of piperidine rings is 1. The number of rotatable bonds is 17. The Morgan fingerprint density at radius 2 is 1.47 bits per heavy atom. The predicted octanol–water partition coefficient (Wildman–Crippen LogP) is 7.66. The molecule has 0 spiro atoms. The van der Waals surface area contributed by atoms with E-state index < -0.39 is 17.7 Å². The van der Waals surface area contributed by atoms with Gasteiger partial charge >= 0.3 is 12.0 Å². The van der Waals surface area contributed by atoms with Crippen molar-refractivity contribution in [3.8, 4) is 11.5 Å². The number of aliphatic hydroxyl groups excluding tert-OH is 1. The van der Waals surface area contributed by atoms with Gasteiger partial charge < -0.3 is 46.1 Å². The van der Waals surface area contributed by atoms with Crippen LogP contribution in [0.3, 0.4) is 0 Å². The molecule has 0 radical (unpaired) electrons. The first-order chi connectivity index (χ1) is 32.0. The fourth-order valence-electron chi connectivity index (χ4n) is 8.63. The van der Waals surface area contributed by atoms with E-state index in [1.807, 2.05) is 66.7 Å². The number of carbonyl (C=O) groups is 2. The minimum absolute atomic E-state index is 0.0669. The van der Waals surface area contributed by atoms with Gasteiger partial charge in [-0.3, -0.25) is 9.69 Å². The minimum atomic E-state index is -2.29. The van der Waals surface area contributed by atoms with Crippen molar-refractivity contribution in [2.75, 3.05) is 25.0 Å². The van der Waals surface area contributed by atoms with Crippen LogP contribution in [-0.4, -0.2) is 61.9 Å². The average Bonchev–Trinajstić information content (AvgIpc) is 3.34. The Kier molecular flexibility index (Phi) is 14.2. The lowest BCUT2D eigenvalue weighted by atomic mass is 9.78. The zero-order valence-corrected chi connectivity index (χ0v) is 36.3. The third kappa shape index (κ3) is 10.8. The number of aromatic amines is 1. The molecule has 8 rings (SSSR count). The van der Waals surface area contributed by atoms with Crippen LogP contribution in [0.5, 0.6) is 11.5 Å². The molecule has 66 heavy (non-hydrogen) atoms. The smallest absolute Gasteiger partial charge is 0.345 e. The number of urea groups is 1. The van der Waals surface area contributed by atoms with Crippen molar-refractivity contribution in [1.82, 2.24) is 20.5 Å². The van der Waals surface area contributed by atoms with E-state index in [0.717, 1.165) is 54.7 Å². The number of nitrogens with zero attached hydrogens (tertiary/aromatic N) is 1. The van der Waals surface area contributed by atoms with E-state index in [0.29, 0.717) is 34.5 Å². The summed E-state index contributed by atoms with van der Waals surface area (Å²) in [6.45, 7) is 3.79. The Labute approximate surface area is 382 Å². The summed E-state index contributed by atoms with van der Waals surface area (Å²) in [5.41, 5.74) is 4.20. The van der Waals surface area contributed by atoms with Crippen molar-refractivity contribution >= 4 is 28.6 Å². The number of phenolic OH excluding ortho intramolecular Hbond substituents is 1. The van der Waals surface area contributed by atoms with E-state index in [9.17, 15) is 34.8 Å². The number of aliphatic hydroxyl groups is 2. The molecule has 2 heterocycles. The number of ether oxygens (including phenoxy) is 1. The molecule has 2 amide bonds. The molecular weight excluding hydrogens is 835 g/mol. The quantitative estimate of drug-likeness (QED) is 0.0450. The fourth-order valence-corrected chi connectivity index (χ4v) is 8.63. The number of carboxylic acid groups (broad SMARTS) is 1. The molecule has 1 fully saturated rings. The predicted molar refractivity (Wildman–Crippen MR) is 253 cm³/mol. The number of benzene rings is 6. The van der Waals surface area contributed by atoms with Crippen LogP contribution < -0.4 is 26.2 Å². The highest BCUT2D eigenvalue weighted by molar-refractivity contribution is 5.89. The highest BCUT2D eigenvalue weighted by Gasteiger charge is 2.43. The summed E-state index contributed by atoms with van der Waals surface area (Å²) >= 11 is 0. The Morgan fingerprint density at radius 1 is 0.773 bits per heavy atom. The normalized spacial score (nSPS) is 14.6. The number of anilines is 1. The van der Waals surface area contributed by atoms with Crippen molar-refractivity contribution < 1.29 is 34.8 Å². The molecule has 1 aliphatic rings. The number of fused-ring (bicyclic) bond motifs is 1. The summed E-state index contributed by atoms with van der Waals surface area (Å²) in [4.78, 5) is 42.5. The van der Waals surface area contributed by atoms with Crippen LogP contribution in [0.25, 0.3) is 10.9 Å². The van der Waals surface area contributed by atoms with E-state index in [1.54, 1.807) is 60.7 Å². The first-order valence-corrected chi connectivity index (χ1v) is 22.0. The molecule has 8 N–H and O–H groups in total. The molecule has 1 aliphatic heterocycles. The van der Waals surface area contributed by atoms with E-state index >= 15 is 0 Å². The molecule has 7 aromatic rings. The summed E-state index contributed by atoms with van der Waals surface area (Å²) in [5.74, 6) is -0.899. The SMILES string of the molecule is O=C(NCc1ccc(COc2cccc([C@@](O)(C(=O)O)c3ccccc3C3CCN(Cc4ccccc4)CC3)c2)cc1)Nc1ccc(CNC[C@H](O)c2ccc(O)c3[nH]c(=O)ccc23)cc1. The first kappa shape index (κ1) is 45.3. The van der Waals surface area contributed by atoms with Gasteiger partial charge in [-0.15, -0.1) is 0 Å². The van der Waals surface area contributed by atoms with Crippen LogP contribution in [0.15, 0.2) is 156 Å². The van der Waals surface area contributed by atoms with Gasteiger partial charge in [0, 0.05) is 54.4 Å². The molecule has 0 bridgehead atoms. The Hall–Kier alpha value is -7.29. The Balaban J connectivity index is 0.800. The second-order valence-corrected chi connectivity index (χ2v) is 16.7. The number of amides is 2. The number of pyridine rings is 1. The lowest BCUT2D eigenvalue weighted by molar-refractivity contribution is -0.155. The van der Waals surface area contributed by atoms with Gasteiger partial charge in [-0.05, 0) is 102 Å². The zero-order valence-electron chi connectivity index (χ0n) is 36.3. The summed E-state index contributed by atoms with van der Waals surface area (Å²) < 4.78 is 6.11. The molecule has 6 aromatic carbocycles. The summed E-state index contributed by atoms with van der Waals surface area (Å²) in [7, 11) is 0. The third-order valence-corrected chi connectivity index (χ3v) is 12.2. The number of aromatic hydroxyl groups is 1. The van der Waals surface area contributed by atoms with Gasteiger partial charge in [-0.25, -0.2) is 9.59 Å². The van der Waals surface area contributed by atoms with Crippen molar-refractivity contribution in [3.05, 3.63) is 207 Å². The number of aliphatic carboxylic acids is 1. The number of H-pyrrole nitrogens is 1. The fraction of sp³-hybridized carbons (Fsp3) is 0.226. The van der Waals surface area contributed by atoms with Crippen LogP contribution in [-0.2, 0) is 36.6 Å². The van der Waals surface area contributed by atoms with E-state index in [4.69, 9.17) is 4.74 Å². The van der Waals surface area contributed by atoms with Gasteiger partial charge in [0.2, 0.25) is 11.2 Å². The van der Waals surface area contributed by atoms with Gasteiger partial charge in [-0.2, -0.15) is 0 Å². The standard InChI is InChI=1S/C53H53N5O8/c59-47-23-21-44(45-22-24-49(61)57-50(45)47)48(60)32-54-30-35-17-19-41(20-18-35)56-52(64)55-31-36-13-15-38(16-14-36)34-66-42-10-6-9-40(29-42)53(65,51(62)63)46-12-5-4-11-43(46)39-25-27-58(28-26-39)33-37-7-2-1-3-8-37/h1-24,29,39,48,54,59-60,65H,25-28,30-34H2,(H,57,61)(H,62,63)(H2,55,56,64)/t48-,53-/m0/s1. The largest absolute Gasteiger partial charge is 0.506 e. The molecule has 13 heteroatoms. The topological polar surface area (TPSA) is 196 Å². The monoisotopic (exact) mass is 887 g/mol. The van der Waals surface area contributed by atoms with Crippen molar-refractivity contribution in [2.45, 2.75) is 56.7 Å². The number of hydrogen-bond acceptors (Lipinski definition) is 9. The molecule has 0 aliphatic carbocycles. The van der Waals surface area contributed by atoms with Gasteiger partial charge in [0.25, 0.3) is 0 Å². The second-order valence-electron chi connectivity index (χ2n) is 16.7. The Bertz CT molecular complexity index is 2830. The number of carboxylic acids is 1. The number of aromatic nitrogens is 1. The molecule has 2 atom stereocenters. The highest BCUT2D eigenvalue weighted by atomic mass is 16.5. The van der Waals surface area contributed by atoms with E-state index in [2.05, 4.69) is 38.0 Å². The number of carbonyl (C=O) groups excluding carboxylic acids is 1. The van der Waals surface area contributed by atoms with Crippen LogP contribution in [0, 0.1) is 0 Å². The van der Waals surface area contributed by atoms with Gasteiger partial charge in [0.05, 0.1) is 11.6 Å². The van der Waals surface area contributed by atoms with Crippen LogP contribution in [0.1, 0.15) is 69.4 Å². The molecule has 1 saturated heterocycles. The Morgan fingerprint density at radius 3 is 2.23 bits per heavy atom. The minimum Gasteiger partial charge on any atom is -0.506 e. The van der Waals surface area contributed by atoms with Crippen LogP contribution in [0.4, 0.5) is 10.5 Å². The molecule has 1 aromatic heterocycles. The molecule has 0 unspecified atom stereocenters. The van der Waals surface area contributed by atoms with Crippen LogP contribution >= 0.6 is 0 Å². The van der Waals surface area contributed by atoms with Gasteiger partial charge in [0.1, 0.15) is 18.1 Å². The maximum atomic E-state index is 13.0. The average molecular weight is 888 g/mol. The lowest BCUT2D eigenvalue weighted by Gasteiger charge is -2.35. The van der Waals surface area contributed by atoms with Crippen molar-refractivity contribution in [3.63, 3.8) is 0 Å². The highest BCUT2D eigenvalue weighted by Crippen LogP contribution is 2.40. The summed E-state index contributed by atoms with van der Waals surface area (Å²) in [5, 5.41) is 53.2. The second kappa shape index (κ2) is 20.7. The molecular formula is C53H53N5O8. The number of hydrogen-bond donors (Lipinski definition) is 8. The lowest BCUT2D eigenvalue weighted by Crippen LogP contribution is -2.39. The van der Waals surface area contributed by atoms with Crippen molar-refractivity contribution in [2.24, 2.45) is 0 Å². The first-order valence-electron chi connectivity index (χ1n) is 22.0. The van der Waals surface area contributed by atoms with E-state index in [-0.39, 0.29) is 54.0 Å². The third-order valence-electron chi connectivity index (χ3n) is 12.2. The maximum absolute atomic E-state index is 13.0. The molecule has 0 saturated carbocycles. The summed E-state index contributed by atoms with van der Waals surface area (Å²) in [6, 6.07) is 44.9. The number of likely N-dealkylation sites (tertiary alicyclic amines) is 1. The number of phenols is 1. The van der Waals surface area contributed by atoms with Gasteiger partial charge in [0.15, 0.2) is 0 Å². The van der Waals surface area contributed by atoms with Crippen molar-refractivity contribution in [1.29, 1.82) is 0 Å². The summed E-state index contributed by atoms with van der Waals surface area (Å²) in [6.07, 6.45) is 0.821. The van der Waals surface area contributed by atoms with Gasteiger partial charge in [-0.1, -0.05) is 109 Å². The van der Waals surface area contributed by atoms with Crippen LogP contribution in [0.2, 0.25) is 0 Å².